The summed E-state index contributed by atoms with van der Waals surface area (Å²) in [6, 6.07) is 0. The summed E-state index contributed by atoms with van der Waals surface area (Å²) in [5.74, 6) is 0. The van der Waals surface area contributed by atoms with E-state index >= 15 is 0 Å². The quantitative estimate of drug-likeness (QED) is 0.341. The Morgan fingerprint density at radius 1 is 1.55 bits per heavy atom. The molecule has 6 nitrogen and oxygen atoms in total. The second-order valence-corrected chi connectivity index (χ2v) is 1.34. The molecule has 0 unspecified atom stereocenters. The molecule has 0 bridgehead atoms. The summed E-state index contributed by atoms with van der Waals surface area (Å²) in [4.78, 5) is 17.6. The number of hydrogen-bond acceptors (Lipinski definition) is 3. The van der Waals surface area contributed by atoms with Gasteiger partial charge in [0, 0.05) is 11.3 Å². The Labute approximate surface area is 75.5 Å². The molecule has 2 N–H and O–H groups in total. The Morgan fingerprint density at radius 3 is 1.82 bits per heavy atom. The minimum absolute atomic E-state index is 0. The molecule has 11 heavy (non-hydrogen) atoms. The fourth-order valence-corrected chi connectivity index (χ4v) is 0.183. The van der Waals surface area contributed by atoms with Gasteiger partial charge in [-0.05, 0) is 0 Å². The van der Waals surface area contributed by atoms with E-state index in [0.29, 0.717) is 6.42 Å². The molecule has 0 spiro atoms. The third-order valence-corrected chi connectivity index (χ3v) is 0.406. The van der Waals surface area contributed by atoms with Crippen molar-refractivity contribution < 1.29 is 19.9 Å². The molecule has 0 heterocycles. The summed E-state index contributed by atoms with van der Waals surface area (Å²) < 4.78 is 0. The van der Waals surface area contributed by atoms with E-state index in [9.17, 15) is 10.1 Å². The number of rotatable bonds is 2. The Balaban J connectivity index is -0.000000114. The van der Waals surface area contributed by atoms with Crippen molar-refractivity contribution in [1.82, 2.24) is 0 Å². The first kappa shape index (κ1) is 16.7. The molecule has 7 heteroatoms. The second kappa shape index (κ2) is 12.0. The Morgan fingerprint density at radius 2 is 1.82 bits per heavy atom. The Kier molecular flexibility index (Phi) is 18.2. The van der Waals surface area contributed by atoms with Crippen LogP contribution in [0.2, 0.25) is 0 Å². The van der Waals surface area contributed by atoms with Crippen molar-refractivity contribution in [3.05, 3.63) is 10.1 Å². The van der Waals surface area contributed by atoms with Crippen LogP contribution in [0.3, 0.4) is 0 Å². The summed E-state index contributed by atoms with van der Waals surface area (Å²) in [5.41, 5.74) is 0. The van der Waals surface area contributed by atoms with Gasteiger partial charge in [-0.25, -0.2) is 4.79 Å². The molecule has 0 atom stereocenters. The topological polar surface area (TPSA) is 101 Å². The van der Waals surface area contributed by atoms with Gasteiger partial charge >= 0.3 is 25.0 Å². The first-order valence-corrected chi connectivity index (χ1v) is 2.54. The minimum atomic E-state index is -1.83. The van der Waals surface area contributed by atoms with E-state index in [2.05, 4.69) is 0 Å². The van der Waals surface area contributed by atoms with E-state index in [1.807, 2.05) is 0 Å². The van der Waals surface area contributed by atoms with Gasteiger partial charge in [0.2, 0.25) is 6.54 Å². The Bertz CT molecular complexity index is 113. The van der Waals surface area contributed by atoms with Gasteiger partial charge < -0.3 is 10.2 Å². The average Bonchev–Trinajstić information content (AvgIpc) is 1.62. The predicted octanol–water partition coefficient (Wildman–Crippen LogP) is 0.247. The van der Waals surface area contributed by atoms with Crippen molar-refractivity contribution in [1.29, 1.82) is 0 Å². The molecular formula is C4H10LiNO5. The molecule has 0 aromatic heterocycles. The number of carboxylic acid groups (broad SMARTS) is 2. The second-order valence-electron chi connectivity index (χ2n) is 1.34. The van der Waals surface area contributed by atoms with Crippen molar-refractivity contribution in [2.24, 2.45) is 0 Å². The van der Waals surface area contributed by atoms with Crippen LogP contribution in [0, 0.1) is 10.1 Å². The normalized spacial score (nSPS) is 6.64. The Hall–Kier alpha value is -0.733. The van der Waals surface area contributed by atoms with Crippen LogP contribution in [-0.2, 0) is 0 Å². The molecule has 0 aromatic rings. The van der Waals surface area contributed by atoms with Gasteiger partial charge in [-0.3, -0.25) is 10.1 Å². The average molecular weight is 159 g/mol. The maximum atomic E-state index is 9.40. The van der Waals surface area contributed by atoms with Gasteiger partial charge in [0.1, 0.15) is 0 Å². The fraction of sp³-hybridized carbons (Fsp3) is 0.750. The summed E-state index contributed by atoms with van der Waals surface area (Å²) in [5, 5.41) is 23.3. The molecule has 62 valence electrons. The molecule has 0 rings (SSSR count). The maximum absolute atomic E-state index is 9.40. The zero-order valence-corrected chi connectivity index (χ0v) is 5.48. The summed E-state index contributed by atoms with van der Waals surface area (Å²) >= 11 is 0. The van der Waals surface area contributed by atoms with Crippen LogP contribution in [-0.4, -0.2) is 46.7 Å². The van der Waals surface area contributed by atoms with Crippen LogP contribution in [0.1, 0.15) is 13.3 Å². The predicted molar refractivity (Wildman–Crippen MR) is 40.0 cm³/mol. The number of carbonyl (C=O) groups is 1. The summed E-state index contributed by atoms with van der Waals surface area (Å²) in [6.45, 7) is 1.88. The van der Waals surface area contributed by atoms with Gasteiger partial charge in [-0.1, -0.05) is 6.92 Å². The van der Waals surface area contributed by atoms with Gasteiger partial charge in [0.05, 0.1) is 0 Å². The van der Waals surface area contributed by atoms with Crippen LogP contribution in [0.25, 0.3) is 0 Å². The molecule has 0 saturated carbocycles. The van der Waals surface area contributed by atoms with Gasteiger partial charge in [-0.2, -0.15) is 0 Å². The van der Waals surface area contributed by atoms with Gasteiger partial charge in [-0.15, -0.1) is 0 Å². The number of nitrogens with zero attached hydrogens (tertiary/aromatic N) is 1. The van der Waals surface area contributed by atoms with E-state index < -0.39 is 6.16 Å². The molecule has 0 fully saturated rings. The van der Waals surface area contributed by atoms with Crippen molar-refractivity contribution >= 4 is 25.0 Å². The molecule has 0 aromatic carbocycles. The van der Waals surface area contributed by atoms with E-state index in [1.54, 1.807) is 6.92 Å². The molecule has 0 radical (unpaired) electrons. The third kappa shape index (κ3) is 95.2. The van der Waals surface area contributed by atoms with Crippen LogP contribution in [0.4, 0.5) is 4.79 Å². The molecular weight excluding hydrogens is 149 g/mol. The zero-order valence-electron chi connectivity index (χ0n) is 5.48. The van der Waals surface area contributed by atoms with Crippen molar-refractivity contribution in [3.8, 4) is 0 Å². The van der Waals surface area contributed by atoms with Gasteiger partial charge in [0.25, 0.3) is 0 Å². The first-order valence-electron chi connectivity index (χ1n) is 2.54. The van der Waals surface area contributed by atoms with E-state index in [1.165, 1.54) is 0 Å². The van der Waals surface area contributed by atoms with Crippen molar-refractivity contribution in [2.75, 3.05) is 6.54 Å². The van der Waals surface area contributed by atoms with Crippen LogP contribution >= 0.6 is 0 Å². The molecule has 0 aliphatic rings. The molecule has 0 aliphatic heterocycles. The summed E-state index contributed by atoms with van der Waals surface area (Å²) in [7, 11) is 0. The first-order chi connectivity index (χ1) is 4.50. The van der Waals surface area contributed by atoms with Crippen LogP contribution < -0.4 is 0 Å². The molecule has 0 saturated heterocycles. The zero-order chi connectivity index (χ0) is 8.57. The number of hydrogen-bond donors (Lipinski definition) is 2. The van der Waals surface area contributed by atoms with E-state index in [-0.39, 0.29) is 30.3 Å². The van der Waals surface area contributed by atoms with Crippen LogP contribution in [0.15, 0.2) is 0 Å². The number of nitro groups is 1. The van der Waals surface area contributed by atoms with E-state index in [4.69, 9.17) is 15.0 Å². The van der Waals surface area contributed by atoms with Gasteiger partial charge in [0.15, 0.2) is 0 Å². The third-order valence-electron chi connectivity index (χ3n) is 0.406. The summed E-state index contributed by atoms with van der Waals surface area (Å²) in [6.07, 6.45) is -1.20. The standard InChI is InChI=1S/C3H7NO2.CH2O3.Li.H/c1-2-3-4(5)6;2-1(3)4;;/h2-3H2,1H3;(H2,2,3,4);;. The van der Waals surface area contributed by atoms with Crippen molar-refractivity contribution in [3.63, 3.8) is 0 Å². The van der Waals surface area contributed by atoms with Crippen LogP contribution in [0.5, 0.6) is 0 Å². The molecule has 0 amide bonds. The fourth-order valence-electron chi connectivity index (χ4n) is 0.183. The van der Waals surface area contributed by atoms with Crippen molar-refractivity contribution in [2.45, 2.75) is 13.3 Å². The van der Waals surface area contributed by atoms with E-state index in [0.717, 1.165) is 0 Å². The molecule has 0 aliphatic carbocycles. The monoisotopic (exact) mass is 159 g/mol. The SMILES string of the molecule is CCC[N+](=O)[O-].O=C(O)O.[LiH].